The SMILES string of the molecule is CC(=O)c1cc(C(F)(F)F)cc(Cl)c1OC(F)F. The molecule has 0 atom stereocenters. The van der Waals surface area contributed by atoms with Gasteiger partial charge in [0.2, 0.25) is 0 Å². The van der Waals surface area contributed by atoms with E-state index in [4.69, 9.17) is 11.6 Å². The Morgan fingerprint density at radius 3 is 2.28 bits per heavy atom. The Kier molecular flexibility index (Phi) is 4.16. The van der Waals surface area contributed by atoms with E-state index in [0.717, 1.165) is 6.92 Å². The van der Waals surface area contributed by atoms with Crippen LogP contribution in [0.25, 0.3) is 0 Å². The molecule has 1 aromatic carbocycles. The van der Waals surface area contributed by atoms with Crippen LogP contribution in [-0.4, -0.2) is 12.4 Å². The van der Waals surface area contributed by atoms with E-state index < -0.39 is 40.5 Å². The zero-order valence-electron chi connectivity index (χ0n) is 8.82. The molecule has 0 heterocycles. The summed E-state index contributed by atoms with van der Waals surface area (Å²) < 4.78 is 65.4. The highest BCUT2D eigenvalue weighted by Gasteiger charge is 2.33. The zero-order chi connectivity index (χ0) is 14.1. The van der Waals surface area contributed by atoms with Crippen molar-refractivity contribution in [3.63, 3.8) is 0 Å². The molecule has 0 N–H and O–H groups in total. The Labute approximate surface area is 103 Å². The van der Waals surface area contributed by atoms with Gasteiger partial charge in [0, 0.05) is 0 Å². The van der Waals surface area contributed by atoms with Gasteiger partial charge < -0.3 is 4.74 Å². The van der Waals surface area contributed by atoms with E-state index in [-0.39, 0.29) is 0 Å². The highest BCUT2D eigenvalue weighted by molar-refractivity contribution is 6.32. The second-order valence-corrected chi connectivity index (χ2v) is 3.67. The van der Waals surface area contributed by atoms with Crippen molar-refractivity contribution in [3.8, 4) is 5.75 Å². The molecule has 0 aliphatic carbocycles. The zero-order valence-corrected chi connectivity index (χ0v) is 9.57. The van der Waals surface area contributed by atoms with E-state index >= 15 is 0 Å². The molecule has 2 nitrogen and oxygen atoms in total. The van der Waals surface area contributed by atoms with E-state index in [1.807, 2.05) is 0 Å². The molecule has 0 spiro atoms. The van der Waals surface area contributed by atoms with Gasteiger partial charge in [-0.1, -0.05) is 11.6 Å². The van der Waals surface area contributed by atoms with E-state index in [1.165, 1.54) is 0 Å². The van der Waals surface area contributed by atoms with Crippen LogP contribution in [0.1, 0.15) is 22.8 Å². The number of carbonyl (C=O) groups is 1. The molecule has 0 unspecified atom stereocenters. The van der Waals surface area contributed by atoms with Crippen LogP contribution >= 0.6 is 11.6 Å². The number of carbonyl (C=O) groups excluding carboxylic acids is 1. The molecule has 0 aliphatic heterocycles. The molecule has 0 saturated carbocycles. The number of Topliss-reactive ketones (excluding diaryl/α,β-unsaturated/α-hetero) is 1. The van der Waals surface area contributed by atoms with Gasteiger partial charge in [0.05, 0.1) is 16.1 Å². The second kappa shape index (κ2) is 5.09. The first-order valence-electron chi connectivity index (χ1n) is 4.49. The summed E-state index contributed by atoms with van der Waals surface area (Å²) in [4.78, 5) is 11.1. The van der Waals surface area contributed by atoms with Crippen LogP contribution in [0.3, 0.4) is 0 Å². The molecule has 0 radical (unpaired) electrons. The van der Waals surface area contributed by atoms with Gasteiger partial charge >= 0.3 is 12.8 Å². The topological polar surface area (TPSA) is 26.3 Å². The highest BCUT2D eigenvalue weighted by atomic mass is 35.5. The highest BCUT2D eigenvalue weighted by Crippen LogP contribution is 2.38. The number of hydrogen-bond acceptors (Lipinski definition) is 2. The van der Waals surface area contributed by atoms with E-state index in [0.29, 0.717) is 12.1 Å². The smallest absolute Gasteiger partial charge is 0.416 e. The van der Waals surface area contributed by atoms with Crippen LogP contribution in [0.15, 0.2) is 12.1 Å². The molecule has 0 aromatic heterocycles. The molecule has 100 valence electrons. The molecule has 0 amide bonds. The lowest BCUT2D eigenvalue weighted by Crippen LogP contribution is -2.11. The number of ether oxygens (including phenoxy) is 1. The Bertz CT molecular complexity index is 470. The quantitative estimate of drug-likeness (QED) is 0.616. The van der Waals surface area contributed by atoms with E-state index in [1.54, 1.807) is 0 Å². The van der Waals surface area contributed by atoms with Crippen molar-refractivity contribution in [2.45, 2.75) is 19.7 Å². The lowest BCUT2D eigenvalue weighted by Gasteiger charge is -2.14. The van der Waals surface area contributed by atoms with Crippen molar-refractivity contribution >= 4 is 17.4 Å². The Morgan fingerprint density at radius 1 is 1.33 bits per heavy atom. The van der Waals surface area contributed by atoms with Crippen molar-refractivity contribution < 1.29 is 31.5 Å². The molecule has 1 rings (SSSR count). The number of alkyl halides is 5. The van der Waals surface area contributed by atoms with Gasteiger partial charge in [-0.05, 0) is 19.1 Å². The summed E-state index contributed by atoms with van der Waals surface area (Å²) in [5.41, 5.74) is -1.85. The number of halogens is 6. The minimum atomic E-state index is -4.74. The second-order valence-electron chi connectivity index (χ2n) is 3.27. The van der Waals surface area contributed by atoms with Crippen molar-refractivity contribution in [1.29, 1.82) is 0 Å². The van der Waals surface area contributed by atoms with Gasteiger partial charge in [0.1, 0.15) is 0 Å². The minimum Gasteiger partial charge on any atom is -0.432 e. The fraction of sp³-hybridized carbons (Fsp3) is 0.300. The maximum atomic E-state index is 12.4. The summed E-state index contributed by atoms with van der Waals surface area (Å²) in [6.07, 6.45) is -4.74. The summed E-state index contributed by atoms with van der Waals surface area (Å²) in [6.45, 7) is -2.37. The number of hydrogen-bond donors (Lipinski definition) is 0. The summed E-state index contributed by atoms with van der Waals surface area (Å²) in [7, 11) is 0. The van der Waals surface area contributed by atoms with Crippen LogP contribution in [0.2, 0.25) is 5.02 Å². The Hall–Kier alpha value is -1.37. The van der Waals surface area contributed by atoms with Crippen molar-refractivity contribution in [1.82, 2.24) is 0 Å². The van der Waals surface area contributed by atoms with Gasteiger partial charge in [0.25, 0.3) is 0 Å². The third-order valence-electron chi connectivity index (χ3n) is 1.96. The van der Waals surface area contributed by atoms with Gasteiger partial charge in [-0.2, -0.15) is 22.0 Å². The van der Waals surface area contributed by atoms with Crippen molar-refractivity contribution in [2.24, 2.45) is 0 Å². The summed E-state index contributed by atoms with van der Waals surface area (Å²) >= 11 is 5.42. The van der Waals surface area contributed by atoms with Crippen LogP contribution in [0, 0.1) is 0 Å². The lowest BCUT2D eigenvalue weighted by atomic mass is 10.1. The van der Waals surface area contributed by atoms with Crippen LogP contribution < -0.4 is 4.74 Å². The average Bonchev–Trinajstić information content (AvgIpc) is 2.17. The molecular formula is C10H6ClF5O2. The van der Waals surface area contributed by atoms with E-state index in [2.05, 4.69) is 4.74 Å². The summed E-state index contributed by atoms with van der Waals surface area (Å²) in [5.74, 6) is -1.62. The van der Waals surface area contributed by atoms with Gasteiger partial charge in [0.15, 0.2) is 11.5 Å². The Morgan fingerprint density at radius 2 is 1.89 bits per heavy atom. The lowest BCUT2D eigenvalue weighted by molar-refractivity contribution is -0.137. The fourth-order valence-corrected chi connectivity index (χ4v) is 1.49. The van der Waals surface area contributed by atoms with Crippen molar-refractivity contribution in [2.75, 3.05) is 0 Å². The summed E-state index contributed by atoms with van der Waals surface area (Å²) in [5, 5.41) is -0.699. The van der Waals surface area contributed by atoms with Gasteiger partial charge in [-0.3, -0.25) is 4.79 Å². The molecular weight excluding hydrogens is 283 g/mol. The molecule has 0 fully saturated rings. The molecule has 0 aliphatic rings. The normalized spacial score (nSPS) is 11.8. The average molecular weight is 289 g/mol. The molecule has 0 saturated heterocycles. The van der Waals surface area contributed by atoms with Gasteiger partial charge in [-0.25, -0.2) is 0 Å². The number of rotatable bonds is 3. The molecule has 0 bridgehead atoms. The van der Waals surface area contributed by atoms with Crippen LogP contribution in [0.4, 0.5) is 22.0 Å². The first-order chi connectivity index (χ1) is 8.12. The number of ketones is 1. The van der Waals surface area contributed by atoms with Crippen LogP contribution in [0.5, 0.6) is 5.75 Å². The molecule has 18 heavy (non-hydrogen) atoms. The third kappa shape index (κ3) is 3.32. The fourth-order valence-electron chi connectivity index (χ4n) is 1.23. The predicted octanol–water partition coefficient (Wildman–Crippen LogP) is 4.16. The first-order valence-corrected chi connectivity index (χ1v) is 4.87. The van der Waals surface area contributed by atoms with E-state index in [9.17, 15) is 26.7 Å². The third-order valence-corrected chi connectivity index (χ3v) is 2.24. The largest absolute Gasteiger partial charge is 0.432 e. The summed E-state index contributed by atoms with van der Waals surface area (Å²) in [6, 6.07) is 0.845. The maximum absolute atomic E-state index is 12.4. The maximum Gasteiger partial charge on any atom is 0.416 e. The van der Waals surface area contributed by atoms with Crippen LogP contribution in [-0.2, 0) is 6.18 Å². The minimum absolute atomic E-state index is 0.422. The Balaban J connectivity index is 3.41. The van der Waals surface area contributed by atoms with Gasteiger partial charge in [-0.15, -0.1) is 0 Å². The molecule has 1 aromatic rings. The number of benzene rings is 1. The molecule has 8 heteroatoms. The van der Waals surface area contributed by atoms with Crippen molar-refractivity contribution in [3.05, 3.63) is 28.3 Å². The predicted molar refractivity (Wildman–Crippen MR) is 53.1 cm³/mol. The first kappa shape index (κ1) is 14.7. The monoisotopic (exact) mass is 288 g/mol. The standard InChI is InChI=1S/C10H6ClF5O2/c1-4(17)6-2-5(10(14,15)16)3-7(11)8(6)18-9(12)13/h2-3,9H,1H3.